The minimum Gasteiger partial charge on any atom is -0.379 e. The predicted molar refractivity (Wildman–Crippen MR) is 139 cm³/mol. The van der Waals surface area contributed by atoms with Gasteiger partial charge in [0.1, 0.15) is 0 Å². The van der Waals surface area contributed by atoms with Crippen molar-refractivity contribution in [3.05, 3.63) is 48.0 Å². The first-order valence-corrected chi connectivity index (χ1v) is 14.8. The number of aromatic nitrogens is 1. The first-order chi connectivity index (χ1) is 16.3. The summed E-state index contributed by atoms with van der Waals surface area (Å²) in [6, 6.07) is 12.4. The Kier molecular flexibility index (Phi) is 7.94. The van der Waals surface area contributed by atoms with Crippen LogP contribution in [0, 0.1) is 0 Å². The second-order valence-corrected chi connectivity index (χ2v) is 12.8. The molecule has 1 amide bonds. The summed E-state index contributed by atoms with van der Waals surface area (Å²) in [5, 5.41) is 0.0498. The van der Waals surface area contributed by atoms with Gasteiger partial charge in [-0.15, -0.1) is 11.8 Å². The van der Waals surface area contributed by atoms with Crippen LogP contribution in [0.15, 0.2) is 52.3 Å². The molecule has 0 spiro atoms. The molecule has 1 aliphatic rings. The molecule has 182 valence electrons. The standard InChI is InChI=1S/C24H29N3O4S3/c1-17(2)34(29,30)20-6-4-5-18(15-20)23(28)27(10-9-26-11-13-31-14-12-26)24-25-21-8-7-19(32-3)16-22(21)33-24/h4-8,15-17H,9-14H2,1-3H3. The summed E-state index contributed by atoms with van der Waals surface area (Å²) in [5.41, 5.74) is 1.19. The molecule has 1 fully saturated rings. The monoisotopic (exact) mass is 519 g/mol. The molecule has 0 unspecified atom stereocenters. The predicted octanol–water partition coefficient (Wildman–Crippen LogP) is 4.18. The molecule has 7 nitrogen and oxygen atoms in total. The van der Waals surface area contributed by atoms with Crippen molar-refractivity contribution in [1.82, 2.24) is 9.88 Å². The number of amides is 1. The quantitative estimate of drug-likeness (QED) is 0.413. The summed E-state index contributed by atoms with van der Waals surface area (Å²) >= 11 is 3.14. The number of sulfone groups is 1. The fourth-order valence-electron chi connectivity index (χ4n) is 3.72. The normalized spacial score (nSPS) is 15.2. The van der Waals surface area contributed by atoms with Gasteiger partial charge in [0.05, 0.1) is 33.6 Å². The highest BCUT2D eigenvalue weighted by molar-refractivity contribution is 7.98. The second kappa shape index (κ2) is 10.7. The van der Waals surface area contributed by atoms with Crippen LogP contribution in [0.3, 0.4) is 0 Å². The van der Waals surface area contributed by atoms with Crippen molar-refractivity contribution in [1.29, 1.82) is 0 Å². The van der Waals surface area contributed by atoms with Gasteiger partial charge in [-0.3, -0.25) is 14.6 Å². The van der Waals surface area contributed by atoms with E-state index in [2.05, 4.69) is 11.0 Å². The Labute approximate surface area is 209 Å². The van der Waals surface area contributed by atoms with Crippen LogP contribution in [0.25, 0.3) is 10.2 Å². The molecule has 2 heterocycles. The Morgan fingerprint density at radius 3 is 2.68 bits per heavy atom. The number of hydrogen-bond donors (Lipinski definition) is 0. The van der Waals surface area contributed by atoms with Gasteiger partial charge in [0, 0.05) is 36.6 Å². The molecule has 3 aromatic rings. The van der Waals surface area contributed by atoms with Crippen LogP contribution in [0.4, 0.5) is 5.13 Å². The van der Waals surface area contributed by atoms with E-state index in [-0.39, 0.29) is 10.8 Å². The number of anilines is 1. The SMILES string of the molecule is CSc1ccc2nc(N(CCN3CCOCC3)C(=O)c3cccc(S(=O)(=O)C(C)C)c3)sc2c1. The summed E-state index contributed by atoms with van der Waals surface area (Å²) in [7, 11) is -3.49. The van der Waals surface area contributed by atoms with Gasteiger partial charge >= 0.3 is 0 Å². The highest BCUT2D eigenvalue weighted by atomic mass is 32.2. The van der Waals surface area contributed by atoms with Crippen LogP contribution in [0.5, 0.6) is 0 Å². The number of hydrogen-bond acceptors (Lipinski definition) is 8. The van der Waals surface area contributed by atoms with Gasteiger partial charge in [-0.2, -0.15) is 0 Å². The van der Waals surface area contributed by atoms with Crippen molar-refractivity contribution in [3.63, 3.8) is 0 Å². The van der Waals surface area contributed by atoms with Crippen molar-refractivity contribution in [2.75, 3.05) is 50.5 Å². The molecule has 0 saturated carbocycles. The zero-order chi connectivity index (χ0) is 24.3. The van der Waals surface area contributed by atoms with Crippen molar-refractivity contribution in [2.45, 2.75) is 28.9 Å². The topological polar surface area (TPSA) is 79.8 Å². The van der Waals surface area contributed by atoms with E-state index in [9.17, 15) is 13.2 Å². The summed E-state index contributed by atoms with van der Waals surface area (Å²) in [4.78, 5) is 23.7. The van der Waals surface area contributed by atoms with E-state index in [1.807, 2.05) is 18.4 Å². The number of rotatable bonds is 8. The molecular formula is C24H29N3O4S3. The first-order valence-electron chi connectivity index (χ1n) is 11.2. The van der Waals surface area contributed by atoms with Crippen LogP contribution < -0.4 is 4.90 Å². The summed E-state index contributed by atoms with van der Waals surface area (Å²) in [5.74, 6) is -0.252. The van der Waals surface area contributed by atoms with Crippen LogP contribution in [-0.4, -0.2) is 75.1 Å². The number of carbonyl (C=O) groups excluding carboxylic acids is 1. The van der Waals surface area contributed by atoms with E-state index in [1.54, 1.807) is 48.7 Å². The molecule has 2 aromatic carbocycles. The van der Waals surface area contributed by atoms with Gasteiger partial charge in [0.25, 0.3) is 5.91 Å². The third kappa shape index (κ3) is 5.46. The van der Waals surface area contributed by atoms with Crippen molar-refractivity contribution < 1.29 is 17.9 Å². The lowest BCUT2D eigenvalue weighted by Gasteiger charge is -2.29. The van der Waals surface area contributed by atoms with E-state index in [0.29, 0.717) is 37.0 Å². The van der Waals surface area contributed by atoms with Crippen molar-refractivity contribution in [2.24, 2.45) is 0 Å². The molecule has 1 saturated heterocycles. The first kappa shape index (κ1) is 25.1. The Balaban J connectivity index is 1.68. The number of nitrogens with zero attached hydrogens (tertiary/aromatic N) is 3. The van der Waals surface area contributed by atoms with Gasteiger partial charge in [-0.05, 0) is 56.5 Å². The fraction of sp³-hybridized carbons (Fsp3) is 0.417. The Bertz CT molecular complexity index is 1270. The Morgan fingerprint density at radius 1 is 1.21 bits per heavy atom. The summed E-state index contributed by atoms with van der Waals surface area (Å²) in [6.45, 7) is 7.43. The smallest absolute Gasteiger partial charge is 0.260 e. The van der Waals surface area contributed by atoms with Gasteiger partial charge in [0.2, 0.25) is 0 Å². The zero-order valence-electron chi connectivity index (χ0n) is 19.6. The van der Waals surface area contributed by atoms with Crippen LogP contribution in [-0.2, 0) is 14.6 Å². The molecule has 34 heavy (non-hydrogen) atoms. The average Bonchev–Trinajstić information content (AvgIpc) is 3.27. The Morgan fingerprint density at radius 2 is 1.97 bits per heavy atom. The lowest BCUT2D eigenvalue weighted by molar-refractivity contribution is 0.0391. The summed E-state index contributed by atoms with van der Waals surface area (Å²) < 4.78 is 31.9. The van der Waals surface area contributed by atoms with Crippen molar-refractivity contribution >= 4 is 54.2 Å². The lowest BCUT2D eigenvalue weighted by Crippen LogP contribution is -2.43. The average molecular weight is 520 g/mol. The maximum absolute atomic E-state index is 13.7. The van der Waals surface area contributed by atoms with E-state index >= 15 is 0 Å². The van der Waals surface area contributed by atoms with E-state index in [0.717, 1.165) is 28.2 Å². The molecule has 4 rings (SSSR count). The van der Waals surface area contributed by atoms with E-state index < -0.39 is 15.1 Å². The van der Waals surface area contributed by atoms with Gasteiger partial charge in [-0.1, -0.05) is 17.4 Å². The highest BCUT2D eigenvalue weighted by Crippen LogP contribution is 2.32. The van der Waals surface area contributed by atoms with E-state index in [4.69, 9.17) is 9.72 Å². The number of fused-ring (bicyclic) bond motifs is 1. The molecule has 0 bridgehead atoms. The molecule has 0 radical (unpaired) electrons. The van der Waals surface area contributed by atoms with Crippen molar-refractivity contribution in [3.8, 4) is 0 Å². The third-order valence-electron chi connectivity index (χ3n) is 5.83. The van der Waals surface area contributed by atoms with Crippen LogP contribution in [0.2, 0.25) is 0 Å². The van der Waals surface area contributed by atoms with Crippen LogP contribution in [0.1, 0.15) is 24.2 Å². The molecule has 0 atom stereocenters. The summed E-state index contributed by atoms with van der Waals surface area (Å²) in [6.07, 6.45) is 2.03. The maximum atomic E-state index is 13.7. The number of thioether (sulfide) groups is 1. The lowest BCUT2D eigenvalue weighted by atomic mass is 10.2. The molecule has 0 N–H and O–H groups in total. The van der Waals surface area contributed by atoms with Gasteiger partial charge in [-0.25, -0.2) is 13.4 Å². The largest absolute Gasteiger partial charge is 0.379 e. The number of ether oxygens (including phenoxy) is 1. The Hall–Kier alpha value is -1.98. The number of benzene rings is 2. The highest BCUT2D eigenvalue weighted by Gasteiger charge is 2.25. The number of carbonyl (C=O) groups is 1. The molecule has 1 aromatic heterocycles. The zero-order valence-corrected chi connectivity index (χ0v) is 22.0. The minimum absolute atomic E-state index is 0.162. The molecule has 1 aliphatic heterocycles. The van der Waals surface area contributed by atoms with Crippen LogP contribution >= 0.6 is 23.1 Å². The maximum Gasteiger partial charge on any atom is 0.260 e. The molecular weight excluding hydrogens is 490 g/mol. The van der Waals surface area contributed by atoms with Gasteiger partial charge in [0.15, 0.2) is 15.0 Å². The second-order valence-electron chi connectivity index (χ2n) is 8.36. The molecule has 0 aliphatic carbocycles. The number of morpholine rings is 1. The fourth-order valence-corrected chi connectivity index (χ4v) is 6.37. The number of thiazole rings is 1. The van der Waals surface area contributed by atoms with E-state index in [1.165, 1.54) is 17.4 Å². The van der Waals surface area contributed by atoms with Gasteiger partial charge < -0.3 is 4.74 Å². The molecule has 10 heteroatoms. The minimum atomic E-state index is -3.49. The third-order valence-corrected chi connectivity index (χ3v) is 9.75.